The van der Waals surface area contributed by atoms with Crippen LogP contribution in [0.25, 0.3) is 33.2 Å². The predicted molar refractivity (Wildman–Crippen MR) is 191 cm³/mol. The lowest BCUT2D eigenvalue weighted by Gasteiger charge is -2.21. The van der Waals surface area contributed by atoms with Crippen LogP contribution in [-0.2, 0) is 0 Å². The van der Waals surface area contributed by atoms with Gasteiger partial charge in [-0.2, -0.15) is 0 Å². The molecule has 0 amide bonds. The summed E-state index contributed by atoms with van der Waals surface area (Å²) in [6.07, 6.45) is 11.4. The maximum absolute atomic E-state index is 4.30. The quantitative estimate of drug-likeness (QED) is 0.165. The van der Waals surface area contributed by atoms with Gasteiger partial charge in [0, 0.05) is 0 Å². The second-order valence-corrected chi connectivity index (χ2v) is 10.6. The topological polar surface area (TPSA) is 0 Å². The molecule has 0 bridgehead atoms. The van der Waals surface area contributed by atoms with Gasteiger partial charge in [-0.15, -0.1) is 0 Å². The molecule has 0 saturated carbocycles. The number of rotatable bonds is 6. The lowest BCUT2D eigenvalue weighted by atomic mass is 9.83. The molecule has 214 valence electrons. The molecule has 0 nitrogen and oxygen atoms in total. The molecule has 0 heterocycles. The van der Waals surface area contributed by atoms with E-state index in [0.29, 0.717) is 0 Å². The Bertz CT molecular complexity index is 1660. The third-order valence-corrected chi connectivity index (χ3v) is 7.51. The summed E-state index contributed by atoms with van der Waals surface area (Å²) in [5, 5.41) is 5.15. The number of allylic oxidation sites excluding steroid dienone is 11. The van der Waals surface area contributed by atoms with Gasteiger partial charge in [-0.3, -0.25) is 0 Å². The average Bonchev–Trinajstić information content (AvgIpc) is 3.40. The molecule has 1 aliphatic rings. The maximum Gasteiger partial charge on any atom is -0.00144 e. The average molecular weight is 551 g/mol. The van der Waals surface area contributed by atoms with Crippen molar-refractivity contribution in [3.05, 3.63) is 167 Å². The van der Waals surface area contributed by atoms with E-state index >= 15 is 0 Å². The molecule has 0 unspecified atom stereocenters. The van der Waals surface area contributed by atoms with E-state index in [1.165, 1.54) is 60.5 Å². The Hall–Kier alpha value is -4.42. The normalized spacial score (nSPS) is 13.5. The molecular weight excluding hydrogens is 504 g/mol. The number of benzene rings is 4. The van der Waals surface area contributed by atoms with Crippen LogP contribution >= 0.6 is 0 Å². The summed E-state index contributed by atoms with van der Waals surface area (Å²) < 4.78 is 0. The van der Waals surface area contributed by atoms with E-state index in [0.717, 1.165) is 17.6 Å². The molecule has 0 radical (unpaired) electrons. The van der Waals surface area contributed by atoms with Crippen LogP contribution in [0.5, 0.6) is 0 Å². The smallest absolute Gasteiger partial charge is 0.00144 e. The second kappa shape index (κ2) is 15.5. The molecule has 0 aromatic heterocycles. The van der Waals surface area contributed by atoms with Crippen molar-refractivity contribution in [1.82, 2.24) is 0 Å². The minimum absolute atomic E-state index is 0.929. The first-order valence-corrected chi connectivity index (χ1v) is 15.0. The van der Waals surface area contributed by atoms with Crippen LogP contribution in [0.2, 0.25) is 0 Å². The maximum atomic E-state index is 4.30. The third kappa shape index (κ3) is 7.65. The minimum Gasteiger partial charge on any atom is -0.0958 e. The van der Waals surface area contributed by atoms with Gasteiger partial charge in [0.1, 0.15) is 0 Å². The van der Waals surface area contributed by atoms with E-state index in [9.17, 15) is 0 Å². The van der Waals surface area contributed by atoms with E-state index in [2.05, 4.69) is 120 Å². The van der Waals surface area contributed by atoms with Gasteiger partial charge in [0.05, 0.1) is 0 Å². The Morgan fingerprint density at radius 2 is 1.29 bits per heavy atom. The summed E-state index contributed by atoms with van der Waals surface area (Å²) in [5.74, 6) is 0. The first kappa shape index (κ1) is 32.1. The predicted octanol–water partition coefficient (Wildman–Crippen LogP) is 12.9. The van der Waals surface area contributed by atoms with Crippen LogP contribution in [0.15, 0.2) is 156 Å². The zero-order chi connectivity index (χ0) is 30.6. The summed E-state index contributed by atoms with van der Waals surface area (Å²) in [6, 6.07) is 30.0. The SMILES string of the molecule is C/C=C\C=C/c1ccccc1.C=C(C)C1=CC(C)=C(/C(=C(/C)C(=C)C)c2c3ccccc3cc3ccccc23)C1.CC. The zero-order valence-corrected chi connectivity index (χ0v) is 26.6. The molecule has 0 saturated heterocycles. The molecule has 0 fully saturated rings. The van der Waals surface area contributed by atoms with E-state index in [1.807, 2.05) is 57.2 Å². The van der Waals surface area contributed by atoms with Crippen molar-refractivity contribution in [2.24, 2.45) is 0 Å². The van der Waals surface area contributed by atoms with Gasteiger partial charge >= 0.3 is 0 Å². The van der Waals surface area contributed by atoms with Crippen molar-refractivity contribution in [3.63, 3.8) is 0 Å². The van der Waals surface area contributed by atoms with Gasteiger partial charge in [-0.1, -0.05) is 147 Å². The number of hydrogen-bond acceptors (Lipinski definition) is 0. The highest BCUT2D eigenvalue weighted by molar-refractivity contribution is 6.12. The van der Waals surface area contributed by atoms with Crippen LogP contribution in [-0.4, -0.2) is 0 Å². The summed E-state index contributed by atoms with van der Waals surface area (Å²) >= 11 is 0. The Kier molecular flexibility index (Phi) is 11.9. The van der Waals surface area contributed by atoms with Crippen molar-refractivity contribution in [2.45, 2.75) is 54.9 Å². The van der Waals surface area contributed by atoms with Crippen LogP contribution < -0.4 is 0 Å². The summed E-state index contributed by atoms with van der Waals surface area (Å²) in [4.78, 5) is 0. The fourth-order valence-electron chi connectivity index (χ4n) is 5.19. The van der Waals surface area contributed by atoms with Crippen LogP contribution in [0.1, 0.15) is 66.0 Å². The van der Waals surface area contributed by atoms with E-state index in [-0.39, 0.29) is 0 Å². The van der Waals surface area contributed by atoms with Gasteiger partial charge in [0.25, 0.3) is 0 Å². The Morgan fingerprint density at radius 3 is 1.79 bits per heavy atom. The minimum atomic E-state index is 0.929. The molecule has 0 heteroatoms. The largest absolute Gasteiger partial charge is 0.0958 e. The first-order valence-electron chi connectivity index (χ1n) is 15.0. The molecule has 0 aliphatic heterocycles. The number of fused-ring (bicyclic) bond motifs is 2. The highest BCUT2D eigenvalue weighted by Crippen LogP contribution is 2.45. The molecule has 5 rings (SSSR count). The monoisotopic (exact) mass is 550 g/mol. The van der Waals surface area contributed by atoms with Crippen LogP contribution in [0.4, 0.5) is 0 Å². The van der Waals surface area contributed by atoms with Gasteiger partial charge in [0.15, 0.2) is 0 Å². The van der Waals surface area contributed by atoms with Crippen molar-refractivity contribution >= 4 is 33.2 Å². The van der Waals surface area contributed by atoms with Crippen molar-refractivity contribution in [1.29, 1.82) is 0 Å². The Balaban J connectivity index is 0.000000313. The fourth-order valence-corrected chi connectivity index (χ4v) is 5.19. The molecule has 4 aromatic carbocycles. The summed E-state index contributed by atoms with van der Waals surface area (Å²) in [5.41, 5.74) is 11.5. The second-order valence-electron chi connectivity index (χ2n) is 10.6. The summed E-state index contributed by atoms with van der Waals surface area (Å²) in [7, 11) is 0. The van der Waals surface area contributed by atoms with E-state index in [1.54, 1.807) is 0 Å². The Labute approximate surface area is 254 Å². The molecular formula is C42H46. The lowest BCUT2D eigenvalue weighted by Crippen LogP contribution is -1.99. The molecule has 42 heavy (non-hydrogen) atoms. The van der Waals surface area contributed by atoms with Gasteiger partial charge in [-0.25, -0.2) is 0 Å². The van der Waals surface area contributed by atoms with Crippen LogP contribution in [0.3, 0.4) is 0 Å². The standard InChI is InChI=1S/C29H28.C11H12.C2H6/c1-18(2)21(6)28(27-17-24(19(3)4)15-20(27)5)29-25-13-9-7-11-22(25)16-23-12-8-10-14-26(23)29;1-2-3-5-8-11-9-6-4-7-10-11;1-2/h7-16H,1,3,17H2,2,4-6H3;2-10H,1H3;1-2H3/b28-21+;3-2-,8-5-;. The van der Waals surface area contributed by atoms with Crippen LogP contribution in [0, 0.1) is 0 Å². The highest BCUT2D eigenvalue weighted by atomic mass is 14.3. The lowest BCUT2D eigenvalue weighted by molar-refractivity contribution is 1.19. The third-order valence-electron chi connectivity index (χ3n) is 7.51. The molecule has 0 spiro atoms. The van der Waals surface area contributed by atoms with Crippen molar-refractivity contribution in [2.75, 3.05) is 0 Å². The van der Waals surface area contributed by atoms with Gasteiger partial charge in [-0.05, 0) is 108 Å². The van der Waals surface area contributed by atoms with Crippen molar-refractivity contribution in [3.8, 4) is 0 Å². The van der Waals surface area contributed by atoms with Crippen molar-refractivity contribution < 1.29 is 0 Å². The van der Waals surface area contributed by atoms with Gasteiger partial charge < -0.3 is 0 Å². The van der Waals surface area contributed by atoms with E-state index < -0.39 is 0 Å². The van der Waals surface area contributed by atoms with Gasteiger partial charge in [0.2, 0.25) is 0 Å². The van der Waals surface area contributed by atoms with E-state index in [4.69, 9.17) is 0 Å². The Morgan fingerprint density at radius 1 is 0.738 bits per heavy atom. The molecule has 0 N–H and O–H groups in total. The summed E-state index contributed by atoms with van der Waals surface area (Å²) in [6.45, 7) is 23.2. The molecule has 4 aromatic rings. The highest BCUT2D eigenvalue weighted by Gasteiger charge is 2.23. The zero-order valence-electron chi connectivity index (χ0n) is 26.6. The number of hydrogen-bond donors (Lipinski definition) is 0. The molecule has 1 aliphatic carbocycles. The first-order chi connectivity index (χ1) is 20.3. The molecule has 0 atom stereocenters. The fraction of sp³-hybridized carbons (Fsp3) is 0.190.